The zero-order chi connectivity index (χ0) is 29.1. The molecule has 0 bridgehead atoms. The van der Waals surface area contributed by atoms with Crippen LogP contribution in [0.25, 0.3) is 21.9 Å². The van der Waals surface area contributed by atoms with Gasteiger partial charge in [0.2, 0.25) is 5.43 Å². The molecule has 0 aliphatic carbocycles. The quantitative estimate of drug-likeness (QED) is 0.194. The van der Waals surface area contributed by atoms with Gasteiger partial charge in [-0.1, -0.05) is 23.3 Å². The topological polar surface area (TPSA) is 98.4 Å². The molecule has 3 rings (SSSR count). The van der Waals surface area contributed by atoms with Crippen LogP contribution in [0.4, 0.5) is 0 Å². The minimum atomic E-state index is -0.616. The van der Waals surface area contributed by atoms with Crippen molar-refractivity contribution in [2.45, 2.75) is 86.4 Å². The molecule has 39 heavy (non-hydrogen) atoms. The third-order valence-electron chi connectivity index (χ3n) is 6.50. The van der Waals surface area contributed by atoms with E-state index in [4.69, 9.17) is 18.6 Å². The van der Waals surface area contributed by atoms with Crippen LogP contribution in [0.3, 0.4) is 0 Å². The van der Waals surface area contributed by atoms with Crippen molar-refractivity contribution in [1.82, 2.24) is 0 Å². The molecular weight excluding hydrogens is 496 g/mol. The van der Waals surface area contributed by atoms with Crippen molar-refractivity contribution in [1.29, 1.82) is 0 Å². The summed E-state index contributed by atoms with van der Waals surface area (Å²) in [6.45, 7) is 16.3. The SMILES string of the molecule is COc1c(O)cc2oc3cc(OC(C)(C)CCOC(C)C)c(CC=C(C)C)c(O)c3c(=O)c2c1CC=C(C)C. The van der Waals surface area contributed by atoms with Gasteiger partial charge >= 0.3 is 0 Å². The lowest BCUT2D eigenvalue weighted by atomic mass is 9.98. The van der Waals surface area contributed by atoms with Gasteiger partial charge in [-0.2, -0.15) is 0 Å². The first-order valence-corrected chi connectivity index (χ1v) is 13.4. The molecule has 0 saturated carbocycles. The molecule has 0 saturated heterocycles. The monoisotopic (exact) mass is 538 g/mol. The van der Waals surface area contributed by atoms with Crippen LogP contribution in [0.5, 0.6) is 23.0 Å². The zero-order valence-electron chi connectivity index (χ0n) is 24.7. The van der Waals surface area contributed by atoms with E-state index in [1.54, 1.807) is 6.07 Å². The van der Waals surface area contributed by atoms with E-state index in [1.807, 2.05) is 67.5 Å². The second kappa shape index (κ2) is 12.2. The van der Waals surface area contributed by atoms with Crippen LogP contribution < -0.4 is 14.9 Å². The molecule has 2 aromatic carbocycles. The number of methoxy groups -OCH3 is 1. The summed E-state index contributed by atoms with van der Waals surface area (Å²) in [6, 6.07) is 3.04. The Morgan fingerprint density at radius 1 is 0.974 bits per heavy atom. The molecule has 2 N–H and O–H groups in total. The third kappa shape index (κ3) is 6.95. The van der Waals surface area contributed by atoms with Gasteiger partial charge in [-0.05, 0) is 68.2 Å². The molecule has 0 aliphatic heterocycles. The molecule has 0 radical (unpaired) electrons. The van der Waals surface area contributed by atoms with Crippen molar-refractivity contribution >= 4 is 21.9 Å². The summed E-state index contributed by atoms with van der Waals surface area (Å²) in [4.78, 5) is 14.0. The summed E-state index contributed by atoms with van der Waals surface area (Å²) in [6.07, 6.45) is 5.38. The van der Waals surface area contributed by atoms with Gasteiger partial charge in [-0.3, -0.25) is 4.79 Å². The Labute approximate surface area is 230 Å². The summed E-state index contributed by atoms with van der Waals surface area (Å²) < 4.78 is 23.8. The Morgan fingerprint density at radius 3 is 2.13 bits per heavy atom. The van der Waals surface area contributed by atoms with Gasteiger partial charge < -0.3 is 28.8 Å². The highest BCUT2D eigenvalue weighted by molar-refractivity contribution is 5.97. The lowest BCUT2D eigenvalue weighted by molar-refractivity contribution is 0.0227. The average Bonchev–Trinajstić information content (AvgIpc) is 2.80. The highest BCUT2D eigenvalue weighted by Gasteiger charge is 2.27. The van der Waals surface area contributed by atoms with Crippen molar-refractivity contribution in [3.05, 3.63) is 56.8 Å². The van der Waals surface area contributed by atoms with Crippen molar-refractivity contribution < 1.29 is 28.8 Å². The lowest BCUT2D eigenvalue weighted by Crippen LogP contribution is -2.31. The van der Waals surface area contributed by atoms with Gasteiger partial charge in [-0.15, -0.1) is 0 Å². The van der Waals surface area contributed by atoms with E-state index >= 15 is 0 Å². The van der Waals surface area contributed by atoms with E-state index < -0.39 is 11.0 Å². The molecule has 7 nitrogen and oxygen atoms in total. The summed E-state index contributed by atoms with van der Waals surface area (Å²) >= 11 is 0. The Hall–Kier alpha value is -3.45. The van der Waals surface area contributed by atoms with Crippen molar-refractivity contribution in [2.24, 2.45) is 0 Å². The maximum absolute atomic E-state index is 14.0. The third-order valence-corrected chi connectivity index (χ3v) is 6.50. The summed E-state index contributed by atoms with van der Waals surface area (Å²) in [5, 5.41) is 22.5. The van der Waals surface area contributed by atoms with Gasteiger partial charge in [0, 0.05) is 29.7 Å². The normalized spacial score (nSPS) is 11.7. The van der Waals surface area contributed by atoms with Crippen molar-refractivity contribution in [3.8, 4) is 23.0 Å². The molecule has 0 spiro atoms. The number of benzene rings is 2. The van der Waals surface area contributed by atoms with E-state index in [-0.39, 0.29) is 45.3 Å². The standard InChI is InChI=1S/C32H42O7/c1-18(2)10-12-21-24(39-32(7,8)14-15-37-20(5)6)17-26-28(29(21)34)30(35)27-22(13-11-19(3)4)31(36-9)23(33)16-25(27)38-26/h10-11,16-17,20,33-34H,12-15H2,1-9H3. The Morgan fingerprint density at radius 2 is 1.56 bits per heavy atom. The van der Waals surface area contributed by atoms with Crippen LogP contribution in [0, 0.1) is 0 Å². The fourth-order valence-electron chi connectivity index (χ4n) is 4.43. The van der Waals surface area contributed by atoms with E-state index in [1.165, 1.54) is 13.2 Å². The van der Waals surface area contributed by atoms with E-state index in [2.05, 4.69) is 0 Å². The number of fused-ring (bicyclic) bond motifs is 2. The molecule has 0 fully saturated rings. The first-order chi connectivity index (χ1) is 18.3. The number of hydrogen-bond acceptors (Lipinski definition) is 7. The Balaban J connectivity index is 2.31. The van der Waals surface area contributed by atoms with E-state index in [9.17, 15) is 15.0 Å². The van der Waals surface area contributed by atoms with Crippen LogP contribution in [0.2, 0.25) is 0 Å². The maximum atomic E-state index is 14.0. The van der Waals surface area contributed by atoms with Gasteiger partial charge in [-0.25, -0.2) is 0 Å². The highest BCUT2D eigenvalue weighted by Crippen LogP contribution is 2.42. The predicted molar refractivity (Wildman–Crippen MR) is 157 cm³/mol. The molecule has 212 valence electrons. The van der Waals surface area contributed by atoms with Gasteiger partial charge in [0.25, 0.3) is 0 Å². The molecule has 1 aromatic heterocycles. The Bertz CT molecular complexity index is 1460. The Kier molecular flexibility index (Phi) is 9.38. The molecule has 0 atom stereocenters. The molecule has 7 heteroatoms. The van der Waals surface area contributed by atoms with Crippen LogP contribution in [0.15, 0.2) is 44.6 Å². The van der Waals surface area contributed by atoms with Gasteiger partial charge in [0.15, 0.2) is 11.5 Å². The molecule has 3 aromatic rings. The number of hydrogen-bond donors (Lipinski definition) is 2. The predicted octanol–water partition coefficient (Wildman–Crippen LogP) is 7.36. The van der Waals surface area contributed by atoms with Crippen molar-refractivity contribution in [2.75, 3.05) is 13.7 Å². The van der Waals surface area contributed by atoms with Gasteiger partial charge in [0.1, 0.15) is 33.7 Å². The molecule has 1 heterocycles. The highest BCUT2D eigenvalue weighted by atomic mass is 16.5. The molecule has 0 amide bonds. The zero-order valence-corrected chi connectivity index (χ0v) is 24.7. The fourth-order valence-corrected chi connectivity index (χ4v) is 4.43. The summed E-state index contributed by atoms with van der Waals surface area (Å²) in [5.74, 6) is 0.333. The molecule has 0 aliphatic rings. The second-order valence-corrected chi connectivity index (χ2v) is 11.3. The van der Waals surface area contributed by atoms with Crippen LogP contribution in [0.1, 0.15) is 72.9 Å². The van der Waals surface area contributed by atoms with Crippen LogP contribution >= 0.6 is 0 Å². The number of allylic oxidation sites excluding steroid dienone is 4. The molecular formula is C32H42O7. The number of phenolic OH excluding ortho intramolecular Hbond substituents is 2. The van der Waals surface area contributed by atoms with Crippen LogP contribution in [-0.4, -0.2) is 35.6 Å². The van der Waals surface area contributed by atoms with Crippen molar-refractivity contribution in [3.63, 3.8) is 0 Å². The van der Waals surface area contributed by atoms with E-state index in [0.29, 0.717) is 42.7 Å². The number of phenols is 2. The maximum Gasteiger partial charge on any atom is 0.204 e. The number of aromatic hydroxyl groups is 2. The minimum Gasteiger partial charge on any atom is -0.507 e. The number of rotatable bonds is 11. The molecule has 0 unspecified atom stereocenters. The van der Waals surface area contributed by atoms with Crippen LogP contribution in [-0.2, 0) is 17.6 Å². The van der Waals surface area contributed by atoms with Gasteiger partial charge in [0.05, 0.1) is 25.2 Å². The fraction of sp³-hybridized carbons (Fsp3) is 0.469. The lowest BCUT2D eigenvalue weighted by Gasteiger charge is -2.28. The largest absolute Gasteiger partial charge is 0.507 e. The second-order valence-electron chi connectivity index (χ2n) is 11.3. The smallest absolute Gasteiger partial charge is 0.204 e. The van der Waals surface area contributed by atoms with E-state index in [0.717, 1.165) is 11.1 Å². The minimum absolute atomic E-state index is 0.0687. The first-order valence-electron chi connectivity index (χ1n) is 13.4. The average molecular weight is 539 g/mol. The summed E-state index contributed by atoms with van der Waals surface area (Å²) in [5.41, 5.74) is 2.49. The first kappa shape index (κ1) is 30.1. The number of ether oxygens (including phenoxy) is 3. The summed E-state index contributed by atoms with van der Waals surface area (Å²) in [7, 11) is 1.45.